The Morgan fingerprint density at radius 2 is 1.86 bits per heavy atom. The quantitative estimate of drug-likeness (QED) is 0.222. The number of benzene rings is 2. The Bertz CT molecular complexity index is 1460. The van der Waals surface area contributed by atoms with Crippen molar-refractivity contribution in [2.24, 2.45) is 5.11 Å². The Kier molecular flexibility index (Phi) is 6.86. The van der Waals surface area contributed by atoms with Crippen LogP contribution in [0.1, 0.15) is 17.5 Å². The van der Waals surface area contributed by atoms with Gasteiger partial charge in [0.05, 0.1) is 12.2 Å². The molecule has 0 spiro atoms. The summed E-state index contributed by atoms with van der Waals surface area (Å²) in [7, 11) is 0. The number of nitrogens with zero attached hydrogens (tertiary/aromatic N) is 8. The molecule has 0 unspecified atom stereocenters. The number of aromatic nitrogens is 4. The zero-order valence-corrected chi connectivity index (χ0v) is 19.7. The van der Waals surface area contributed by atoms with Crippen molar-refractivity contribution < 1.29 is 0 Å². The van der Waals surface area contributed by atoms with Gasteiger partial charge in [-0.05, 0) is 35.6 Å². The third kappa shape index (κ3) is 5.18. The van der Waals surface area contributed by atoms with Gasteiger partial charge in [-0.1, -0.05) is 59.7 Å². The molecule has 3 heterocycles. The van der Waals surface area contributed by atoms with E-state index in [0.29, 0.717) is 49.6 Å². The highest BCUT2D eigenvalue weighted by Gasteiger charge is 2.23. The van der Waals surface area contributed by atoms with Crippen molar-refractivity contribution >= 4 is 17.7 Å². The average molecular weight is 480 g/mol. The lowest BCUT2D eigenvalue weighted by Crippen LogP contribution is -2.36. The van der Waals surface area contributed by atoms with Gasteiger partial charge in [-0.3, -0.25) is 14.3 Å². The van der Waals surface area contributed by atoms with Crippen molar-refractivity contribution in [3.63, 3.8) is 0 Å². The third-order valence-corrected chi connectivity index (χ3v) is 5.98. The van der Waals surface area contributed by atoms with E-state index in [1.165, 1.54) is 0 Å². The third-order valence-electron chi connectivity index (χ3n) is 5.98. The second-order valence-corrected chi connectivity index (χ2v) is 8.43. The highest BCUT2D eigenvalue weighted by Crippen LogP contribution is 2.27. The van der Waals surface area contributed by atoms with Crippen molar-refractivity contribution in [2.75, 3.05) is 23.3 Å². The van der Waals surface area contributed by atoms with Crippen molar-refractivity contribution in [2.45, 2.75) is 25.9 Å². The molecule has 36 heavy (non-hydrogen) atoms. The molecule has 0 amide bonds. The Hall–Kier alpha value is -4.69. The van der Waals surface area contributed by atoms with Crippen molar-refractivity contribution in [1.82, 2.24) is 19.5 Å². The number of anilines is 3. The lowest BCUT2D eigenvalue weighted by atomic mass is 10.1. The SMILES string of the molecule is [N-]=[N+]=NCc1cccc(CCNc2nccc(N3CCCn4c3nc(-c3ccccc3)cc4=O)n2)c1. The van der Waals surface area contributed by atoms with Crippen LogP contribution in [-0.4, -0.2) is 32.6 Å². The average Bonchev–Trinajstić information content (AvgIpc) is 2.92. The predicted octanol–water partition coefficient (Wildman–Crippen LogP) is 4.71. The summed E-state index contributed by atoms with van der Waals surface area (Å²) in [6.07, 6.45) is 3.29. The summed E-state index contributed by atoms with van der Waals surface area (Å²) < 4.78 is 1.70. The van der Waals surface area contributed by atoms with Gasteiger partial charge >= 0.3 is 0 Å². The summed E-state index contributed by atoms with van der Waals surface area (Å²) in [5.41, 5.74) is 12.1. The maximum atomic E-state index is 12.9. The van der Waals surface area contributed by atoms with Gasteiger partial charge in [-0.25, -0.2) is 9.97 Å². The van der Waals surface area contributed by atoms with Gasteiger partial charge in [-0.2, -0.15) is 4.98 Å². The topological polar surface area (TPSA) is 125 Å². The van der Waals surface area contributed by atoms with Gasteiger partial charge in [-0.15, -0.1) is 0 Å². The number of azide groups is 1. The zero-order valence-electron chi connectivity index (χ0n) is 19.7. The fourth-order valence-electron chi connectivity index (χ4n) is 4.27. The van der Waals surface area contributed by atoms with Gasteiger partial charge in [0, 0.05) is 42.4 Å². The first kappa shape index (κ1) is 23.1. The van der Waals surface area contributed by atoms with E-state index in [1.807, 2.05) is 65.6 Å². The number of nitrogens with one attached hydrogen (secondary N) is 1. The van der Waals surface area contributed by atoms with E-state index in [2.05, 4.69) is 20.3 Å². The minimum atomic E-state index is -0.0707. The highest BCUT2D eigenvalue weighted by atomic mass is 16.1. The van der Waals surface area contributed by atoms with Crippen LogP contribution in [0, 0.1) is 0 Å². The lowest BCUT2D eigenvalue weighted by Gasteiger charge is -2.30. The molecule has 1 aliphatic heterocycles. The first-order valence-corrected chi connectivity index (χ1v) is 11.8. The summed E-state index contributed by atoms with van der Waals surface area (Å²) >= 11 is 0. The van der Waals surface area contributed by atoms with E-state index in [0.717, 1.165) is 29.5 Å². The second-order valence-electron chi connectivity index (χ2n) is 8.43. The van der Waals surface area contributed by atoms with Crippen molar-refractivity contribution in [3.8, 4) is 11.3 Å². The molecule has 1 N–H and O–H groups in total. The molecule has 10 nitrogen and oxygen atoms in total. The Labute approximate surface area is 207 Å². The summed E-state index contributed by atoms with van der Waals surface area (Å²) in [5.74, 6) is 1.79. The monoisotopic (exact) mass is 479 g/mol. The van der Waals surface area contributed by atoms with Crippen LogP contribution in [0.3, 0.4) is 0 Å². The second kappa shape index (κ2) is 10.7. The first-order chi connectivity index (χ1) is 17.7. The number of rotatable bonds is 8. The zero-order chi connectivity index (χ0) is 24.7. The molecule has 2 aromatic heterocycles. The van der Waals surface area contributed by atoms with E-state index in [-0.39, 0.29) is 5.56 Å². The molecule has 2 aromatic carbocycles. The summed E-state index contributed by atoms with van der Waals surface area (Å²) in [6.45, 7) is 2.31. The van der Waals surface area contributed by atoms with E-state index >= 15 is 0 Å². The van der Waals surface area contributed by atoms with Gasteiger partial charge in [0.1, 0.15) is 5.82 Å². The number of hydrogen-bond donors (Lipinski definition) is 1. The number of hydrogen-bond acceptors (Lipinski definition) is 7. The van der Waals surface area contributed by atoms with Crippen LogP contribution < -0.4 is 15.8 Å². The van der Waals surface area contributed by atoms with Crippen molar-refractivity contribution in [3.05, 3.63) is 105 Å². The minimum absolute atomic E-state index is 0.0707. The van der Waals surface area contributed by atoms with Crippen LogP contribution in [0.15, 0.2) is 82.8 Å². The Morgan fingerprint density at radius 3 is 2.72 bits per heavy atom. The van der Waals surface area contributed by atoms with Gasteiger partial charge in [0.25, 0.3) is 5.56 Å². The molecular formula is C26H25N9O. The van der Waals surface area contributed by atoms with Gasteiger partial charge in [0.2, 0.25) is 11.9 Å². The first-order valence-electron chi connectivity index (χ1n) is 11.8. The van der Waals surface area contributed by atoms with Gasteiger partial charge < -0.3 is 5.32 Å². The van der Waals surface area contributed by atoms with Crippen LogP contribution in [0.4, 0.5) is 17.7 Å². The van der Waals surface area contributed by atoms with Crippen molar-refractivity contribution in [1.29, 1.82) is 0 Å². The molecule has 10 heteroatoms. The molecule has 0 fully saturated rings. The Morgan fingerprint density at radius 1 is 1.00 bits per heavy atom. The van der Waals surface area contributed by atoms with Gasteiger partial charge in [0.15, 0.2) is 0 Å². The molecule has 0 aliphatic carbocycles. The minimum Gasteiger partial charge on any atom is -0.354 e. The van der Waals surface area contributed by atoms with Crippen LogP contribution in [0.2, 0.25) is 0 Å². The maximum absolute atomic E-state index is 12.9. The standard InChI is InChI=1S/C26H25N9O/c27-33-30-18-20-7-4-6-19(16-20)10-12-28-25-29-13-11-23(32-25)34-14-5-15-35-24(36)17-22(31-26(34)35)21-8-2-1-3-9-21/h1-4,6-9,11,13,16-17H,5,10,12,14-15,18H2,(H,28,29,32). The molecule has 5 rings (SSSR count). The molecular weight excluding hydrogens is 454 g/mol. The molecule has 1 aliphatic rings. The normalized spacial score (nSPS) is 12.5. The van der Waals surface area contributed by atoms with E-state index in [1.54, 1.807) is 16.8 Å². The van der Waals surface area contributed by atoms with Crippen LogP contribution in [-0.2, 0) is 19.5 Å². The molecule has 0 radical (unpaired) electrons. The summed E-state index contributed by atoms with van der Waals surface area (Å²) in [6, 6.07) is 21.1. The molecule has 4 aromatic rings. The fourth-order valence-corrected chi connectivity index (χ4v) is 4.27. The summed E-state index contributed by atoms with van der Waals surface area (Å²) in [4.78, 5) is 31.6. The van der Waals surface area contributed by atoms with Crippen LogP contribution in [0.5, 0.6) is 0 Å². The number of fused-ring (bicyclic) bond motifs is 1. The largest absolute Gasteiger partial charge is 0.354 e. The lowest BCUT2D eigenvalue weighted by molar-refractivity contribution is 0.561. The van der Waals surface area contributed by atoms with E-state index in [4.69, 9.17) is 15.5 Å². The molecule has 0 bridgehead atoms. The van der Waals surface area contributed by atoms with E-state index < -0.39 is 0 Å². The predicted molar refractivity (Wildman–Crippen MR) is 139 cm³/mol. The molecule has 0 saturated heterocycles. The van der Waals surface area contributed by atoms with Crippen LogP contribution >= 0.6 is 0 Å². The Balaban J connectivity index is 1.34. The molecule has 0 atom stereocenters. The summed E-state index contributed by atoms with van der Waals surface area (Å²) in [5, 5.41) is 6.91. The highest BCUT2D eigenvalue weighted by molar-refractivity contribution is 5.63. The smallest absolute Gasteiger partial charge is 0.255 e. The van der Waals surface area contributed by atoms with Crippen LogP contribution in [0.25, 0.3) is 21.7 Å². The maximum Gasteiger partial charge on any atom is 0.255 e. The molecule has 180 valence electrons. The fraction of sp³-hybridized carbons (Fsp3) is 0.231. The molecule has 0 saturated carbocycles. The van der Waals surface area contributed by atoms with E-state index in [9.17, 15) is 4.79 Å².